The highest BCUT2D eigenvalue weighted by atomic mass is 28.4. The number of carboxylic acids is 1. The molecule has 0 saturated heterocycles. The highest BCUT2D eigenvalue weighted by Gasteiger charge is 2.39. The molecular weight excluding hydrogens is 1430 g/mol. The van der Waals surface area contributed by atoms with Crippen LogP contribution in [0.5, 0.6) is 5.75 Å². The van der Waals surface area contributed by atoms with Gasteiger partial charge in [-0.3, -0.25) is 28.8 Å². The first-order valence-electron chi connectivity index (χ1n) is 38.6. The van der Waals surface area contributed by atoms with Gasteiger partial charge in [0.25, 0.3) is 0 Å². The third-order valence-electron chi connectivity index (χ3n) is 19.1. The third kappa shape index (κ3) is 50.2. The van der Waals surface area contributed by atoms with Crippen molar-refractivity contribution in [3.05, 3.63) is 29.8 Å². The summed E-state index contributed by atoms with van der Waals surface area (Å²) in [6, 6.07) is 6.49. The molecule has 2 amide bonds. The molecule has 1 aromatic rings. The summed E-state index contributed by atoms with van der Waals surface area (Å²) in [5.41, 5.74) is 2.61. The number of carbonyl (C=O) groups is 9. The van der Waals surface area contributed by atoms with Gasteiger partial charge in [0.05, 0.1) is 78.0 Å². The first kappa shape index (κ1) is 111. The van der Waals surface area contributed by atoms with E-state index in [2.05, 4.69) is 43.1 Å². The van der Waals surface area contributed by atoms with Crippen LogP contribution in [0.2, 0.25) is 12.1 Å². The summed E-state index contributed by atoms with van der Waals surface area (Å²) in [6.07, 6.45) is 14.0. The lowest BCUT2D eigenvalue weighted by molar-refractivity contribution is -0.255. The normalized spacial score (nSPS) is 12.2. The number of carbonyl (C=O) groups excluding carboxylic acids is 9. The predicted octanol–water partition coefficient (Wildman–Crippen LogP) is 14.6. The molecule has 0 aromatic heterocycles. The molecule has 1 aromatic carbocycles. The molecule has 0 radical (unpaired) electrons. The van der Waals surface area contributed by atoms with E-state index in [0.29, 0.717) is 76.0 Å². The zero-order chi connectivity index (χ0) is 84.4. The Morgan fingerprint density at radius 2 is 0.667 bits per heavy atom. The summed E-state index contributed by atoms with van der Waals surface area (Å²) in [4.78, 5) is 103. The molecule has 0 spiro atoms. The topological polar surface area (TPSA) is 356 Å². The molecule has 27 nitrogen and oxygen atoms in total. The van der Waals surface area contributed by atoms with Crippen molar-refractivity contribution in [2.45, 2.75) is 267 Å². The number of carboxylic acid groups (broad SMARTS) is 1. The first-order valence-corrected chi connectivity index (χ1v) is 42.5. The fourth-order valence-corrected chi connectivity index (χ4v) is 11.2. The number of unbranched alkanes of at least 4 members (excludes halogenated alkanes) is 2. The van der Waals surface area contributed by atoms with Crippen LogP contribution in [0.25, 0.3) is 0 Å². The molecule has 29 heteroatoms. The van der Waals surface area contributed by atoms with Gasteiger partial charge < -0.3 is 90.7 Å². The number of ether oxygens (including phenoxy) is 8. The van der Waals surface area contributed by atoms with Crippen LogP contribution in [-0.2, 0) is 88.5 Å². The highest BCUT2D eigenvalue weighted by Crippen LogP contribution is 2.28. The Hall–Kier alpha value is -5.80. The molecule has 0 bridgehead atoms. The van der Waals surface area contributed by atoms with Gasteiger partial charge in [0.15, 0.2) is 0 Å². The van der Waals surface area contributed by atoms with Crippen LogP contribution in [-0.4, -0.2) is 180 Å². The Morgan fingerprint density at radius 3 is 0.917 bits per heavy atom. The Balaban J connectivity index is -0.000000395. The van der Waals surface area contributed by atoms with Gasteiger partial charge in [-0.05, 0) is 189 Å². The summed E-state index contributed by atoms with van der Waals surface area (Å²) in [5.74, 6) is -1.06. The second-order valence-electron chi connectivity index (χ2n) is 29.8. The number of benzene rings is 1. The van der Waals surface area contributed by atoms with Crippen molar-refractivity contribution in [3.8, 4) is 5.75 Å². The number of nitrogens with two attached hydrogens (primary N) is 1. The van der Waals surface area contributed by atoms with Crippen molar-refractivity contribution in [1.82, 2.24) is 10.6 Å². The van der Waals surface area contributed by atoms with Gasteiger partial charge in [-0.1, -0.05) is 108 Å². The highest BCUT2D eigenvalue weighted by molar-refractivity contribution is 6.60. The number of nitrogens with one attached hydrogen (secondary N) is 2. The van der Waals surface area contributed by atoms with E-state index in [1.165, 1.54) is 62.8 Å². The number of hydrogen-bond acceptors (Lipinski definition) is 25. The van der Waals surface area contributed by atoms with Crippen molar-refractivity contribution in [3.63, 3.8) is 0 Å². The van der Waals surface area contributed by atoms with E-state index in [-0.39, 0.29) is 97.4 Å². The standard InChI is InChI=1S/C16H21NO6.2C14H28O2.2C12H26O5Si.C11H22N2O4/c1-4-16(2,3)14(20)22-10-9-17-15(21)23-12-7-5-11(6-8-12)13(18)19;2*1-6-9-10-12(7-2)11-16-13(15)14(4,5)8-3;2*1-7-12(2,3)11(13)17-9-8-10-18(14-4,15-5)16-6;1-4-11(2,3)9(14)16-8-6-13-10(15)17-7-5-12/h5-8H,4,9-10H2,1-3H3,(H,17,21)(H,18,19);2*12H,6-11H2,1-5H3;2*7-10H2,1-6H3;4-8,12H2,1-3H3,(H,13,15)/p-1. The fraction of sp³-hybridized carbons (Fsp3) is 0.810. The second-order valence-corrected chi connectivity index (χ2v) is 36.0. The van der Waals surface area contributed by atoms with Crippen LogP contribution in [0.4, 0.5) is 9.59 Å². The predicted molar refractivity (Wildman–Crippen MR) is 422 cm³/mol. The zero-order valence-electron chi connectivity index (χ0n) is 72.1. The molecular formula is C79H150N3O24Si2-. The molecule has 1 rings (SSSR count). The number of amides is 2. The van der Waals surface area contributed by atoms with Crippen molar-refractivity contribution >= 4 is 71.6 Å². The molecule has 0 aliphatic carbocycles. The Bertz CT molecular complexity index is 2480. The SMILES string of the molecule is CCC(C)(C)C(=O)OCCC[Si](OC)(OC)OC.CCC(C)(C)C(=O)OCCC[Si](OC)(OC)OC.CCC(C)(C)C(=O)OCCNC(=O)OCCN.CCC(C)(C)C(=O)OCCNC(=O)Oc1ccc(C(=O)[O-])cc1.CCCCC(CC)COC(=O)C(C)(C)CC.CCCCC(CC)COC(=O)C(C)(C)CC. The molecule has 108 heavy (non-hydrogen) atoms. The van der Waals surface area contributed by atoms with Crippen molar-refractivity contribution in [2.24, 2.45) is 50.1 Å². The van der Waals surface area contributed by atoms with Gasteiger partial charge in [-0.25, -0.2) is 9.59 Å². The summed E-state index contributed by atoms with van der Waals surface area (Å²) in [6.45, 7) is 46.0. The molecule has 0 aliphatic heterocycles. The fourth-order valence-electron chi connectivity index (χ4n) is 7.84. The molecule has 2 atom stereocenters. The lowest BCUT2D eigenvalue weighted by Crippen LogP contribution is -2.42. The lowest BCUT2D eigenvalue weighted by atomic mass is 9.90. The van der Waals surface area contributed by atoms with E-state index in [9.17, 15) is 48.3 Å². The van der Waals surface area contributed by atoms with Crippen LogP contribution in [0, 0.1) is 44.3 Å². The number of rotatable bonds is 48. The third-order valence-corrected chi connectivity index (χ3v) is 24.7. The van der Waals surface area contributed by atoms with Crippen LogP contribution in [0.1, 0.15) is 265 Å². The lowest BCUT2D eigenvalue weighted by Gasteiger charge is -2.24. The molecule has 0 heterocycles. The largest absolute Gasteiger partial charge is 0.545 e. The molecule has 0 fully saturated rings. The molecule has 634 valence electrons. The molecule has 2 unspecified atom stereocenters. The van der Waals surface area contributed by atoms with Crippen LogP contribution in [0.3, 0.4) is 0 Å². The van der Waals surface area contributed by atoms with Crippen LogP contribution in [0.15, 0.2) is 24.3 Å². The van der Waals surface area contributed by atoms with Gasteiger partial charge in [-0.2, -0.15) is 0 Å². The number of aromatic carboxylic acids is 1. The first-order chi connectivity index (χ1) is 50.4. The molecule has 0 saturated carbocycles. The zero-order valence-corrected chi connectivity index (χ0v) is 74.1. The Morgan fingerprint density at radius 1 is 0.389 bits per heavy atom. The van der Waals surface area contributed by atoms with Gasteiger partial charge in [0.1, 0.15) is 25.6 Å². The number of hydrogen-bond donors (Lipinski definition) is 3. The van der Waals surface area contributed by atoms with Gasteiger partial charge in [-0.15, -0.1) is 0 Å². The van der Waals surface area contributed by atoms with E-state index < -0.39 is 57.4 Å². The maximum absolute atomic E-state index is 11.8. The maximum atomic E-state index is 11.8. The van der Waals surface area contributed by atoms with E-state index in [1.54, 1.807) is 56.5 Å². The minimum Gasteiger partial charge on any atom is -0.545 e. The maximum Gasteiger partial charge on any atom is 0.500 e. The van der Waals surface area contributed by atoms with Gasteiger partial charge in [0.2, 0.25) is 0 Å². The Kier molecular flexibility index (Phi) is 62.4. The average Bonchev–Trinajstić information content (AvgIpc) is 0.863. The monoisotopic (exact) mass is 1580 g/mol. The van der Waals surface area contributed by atoms with Gasteiger partial charge >= 0.3 is 65.6 Å². The van der Waals surface area contributed by atoms with E-state index in [1.807, 2.05) is 111 Å². The molecule has 4 N–H and O–H groups in total. The number of esters is 6. The summed E-state index contributed by atoms with van der Waals surface area (Å²) in [5, 5.41) is 15.5. The molecule has 0 aliphatic rings. The van der Waals surface area contributed by atoms with Gasteiger partial charge in [0, 0.05) is 61.3 Å². The Labute approximate surface area is 653 Å². The minimum atomic E-state index is -2.53. The van der Waals surface area contributed by atoms with Crippen LogP contribution < -0.4 is 26.2 Å². The van der Waals surface area contributed by atoms with E-state index in [4.69, 9.17) is 65.4 Å². The summed E-state index contributed by atoms with van der Waals surface area (Å²) >= 11 is 0. The summed E-state index contributed by atoms with van der Waals surface area (Å²) < 4.78 is 72.7. The second kappa shape index (κ2) is 60.9. The van der Waals surface area contributed by atoms with Crippen molar-refractivity contribution in [1.29, 1.82) is 0 Å². The van der Waals surface area contributed by atoms with E-state index >= 15 is 0 Å². The van der Waals surface area contributed by atoms with Crippen molar-refractivity contribution in [2.75, 3.05) is 109 Å². The van der Waals surface area contributed by atoms with E-state index in [0.717, 1.165) is 38.5 Å². The van der Waals surface area contributed by atoms with Crippen molar-refractivity contribution < 1.29 is 113 Å². The van der Waals surface area contributed by atoms with Crippen LogP contribution >= 0.6 is 0 Å². The minimum absolute atomic E-state index is 0.0109. The average molecular weight is 1580 g/mol. The summed E-state index contributed by atoms with van der Waals surface area (Å²) in [7, 11) is 4.38. The quantitative estimate of drug-likeness (QED) is 0.0236. The number of alkyl carbamates (subject to hydrolysis) is 1. The smallest absolute Gasteiger partial charge is 0.500 e.